The minimum Gasteiger partial charge on any atom is -0.497 e. The molecule has 0 amide bonds. The lowest BCUT2D eigenvalue weighted by atomic mass is 9.83. The van der Waals surface area contributed by atoms with Gasteiger partial charge in [0.25, 0.3) is 0 Å². The van der Waals surface area contributed by atoms with Crippen molar-refractivity contribution in [1.29, 1.82) is 0 Å². The number of nitrogens with two attached hydrogens (primary N) is 1. The van der Waals surface area contributed by atoms with Gasteiger partial charge in [-0.3, -0.25) is 0 Å². The van der Waals surface area contributed by atoms with Crippen LogP contribution >= 0.6 is 0 Å². The van der Waals surface area contributed by atoms with Gasteiger partial charge in [-0.1, -0.05) is 12.1 Å². The number of benzene rings is 1. The Morgan fingerprint density at radius 2 is 2.12 bits per heavy atom. The van der Waals surface area contributed by atoms with Crippen molar-refractivity contribution in [2.75, 3.05) is 26.9 Å². The second-order valence-corrected chi connectivity index (χ2v) is 4.24. The molecule has 1 saturated heterocycles. The summed E-state index contributed by atoms with van der Waals surface area (Å²) in [4.78, 5) is 0. The molecule has 0 aliphatic carbocycles. The maximum Gasteiger partial charge on any atom is 0.118 e. The lowest BCUT2D eigenvalue weighted by Crippen LogP contribution is -2.31. The van der Waals surface area contributed by atoms with Crippen LogP contribution in [-0.2, 0) is 4.74 Å². The van der Waals surface area contributed by atoms with Crippen LogP contribution in [0.5, 0.6) is 5.75 Å². The summed E-state index contributed by atoms with van der Waals surface area (Å²) in [6.45, 7) is 2.36. The molecule has 0 radical (unpaired) electrons. The highest BCUT2D eigenvalue weighted by molar-refractivity contribution is 5.30. The molecule has 2 rings (SSSR count). The van der Waals surface area contributed by atoms with Crippen molar-refractivity contribution in [2.24, 2.45) is 11.7 Å². The molecule has 1 aliphatic rings. The normalized spacial score (nSPS) is 25.4. The fraction of sp³-hybridized carbons (Fsp3) is 0.538. The van der Waals surface area contributed by atoms with Crippen molar-refractivity contribution >= 4 is 0 Å². The molecule has 3 nitrogen and oxygen atoms in total. The van der Waals surface area contributed by atoms with Crippen molar-refractivity contribution in [3.63, 3.8) is 0 Å². The summed E-state index contributed by atoms with van der Waals surface area (Å²) in [7, 11) is 1.68. The van der Waals surface area contributed by atoms with Crippen LogP contribution in [0.15, 0.2) is 24.3 Å². The number of methoxy groups -OCH3 is 1. The summed E-state index contributed by atoms with van der Waals surface area (Å²) in [6.07, 6.45) is 1.06. The molecular weight excluding hydrogens is 202 g/mol. The van der Waals surface area contributed by atoms with E-state index in [4.69, 9.17) is 15.2 Å². The molecule has 1 aliphatic heterocycles. The Morgan fingerprint density at radius 3 is 2.75 bits per heavy atom. The summed E-state index contributed by atoms with van der Waals surface area (Å²) in [6, 6.07) is 8.22. The van der Waals surface area contributed by atoms with E-state index in [-0.39, 0.29) is 0 Å². The number of ether oxygens (including phenoxy) is 2. The Morgan fingerprint density at radius 1 is 1.38 bits per heavy atom. The van der Waals surface area contributed by atoms with Crippen LogP contribution < -0.4 is 10.5 Å². The van der Waals surface area contributed by atoms with Crippen LogP contribution in [0, 0.1) is 5.92 Å². The summed E-state index contributed by atoms with van der Waals surface area (Å²) >= 11 is 0. The first kappa shape index (κ1) is 11.4. The maximum atomic E-state index is 5.81. The van der Waals surface area contributed by atoms with Gasteiger partial charge in [-0.05, 0) is 36.6 Å². The topological polar surface area (TPSA) is 44.5 Å². The van der Waals surface area contributed by atoms with Gasteiger partial charge in [-0.15, -0.1) is 0 Å². The average molecular weight is 221 g/mol. The molecule has 0 saturated carbocycles. The second kappa shape index (κ2) is 5.32. The van der Waals surface area contributed by atoms with E-state index in [0.29, 0.717) is 11.8 Å². The Bertz CT molecular complexity index is 323. The second-order valence-electron chi connectivity index (χ2n) is 4.24. The molecule has 88 valence electrons. The molecule has 2 N–H and O–H groups in total. The lowest BCUT2D eigenvalue weighted by molar-refractivity contribution is 0.0494. The van der Waals surface area contributed by atoms with Gasteiger partial charge in [0, 0.05) is 12.5 Å². The number of hydrogen-bond donors (Lipinski definition) is 1. The zero-order valence-corrected chi connectivity index (χ0v) is 9.69. The largest absolute Gasteiger partial charge is 0.497 e. The highest BCUT2D eigenvalue weighted by Crippen LogP contribution is 2.31. The average Bonchev–Trinajstić information content (AvgIpc) is 2.39. The van der Waals surface area contributed by atoms with Gasteiger partial charge in [0.2, 0.25) is 0 Å². The van der Waals surface area contributed by atoms with Crippen molar-refractivity contribution in [2.45, 2.75) is 12.3 Å². The van der Waals surface area contributed by atoms with Crippen LogP contribution in [-0.4, -0.2) is 26.9 Å². The highest BCUT2D eigenvalue weighted by Gasteiger charge is 2.25. The minimum absolute atomic E-state index is 0.435. The Labute approximate surface area is 96.5 Å². The van der Waals surface area contributed by atoms with Crippen molar-refractivity contribution < 1.29 is 9.47 Å². The first-order valence-electron chi connectivity index (χ1n) is 5.77. The molecule has 2 unspecified atom stereocenters. The molecule has 16 heavy (non-hydrogen) atoms. The van der Waals surface area contributed by atoms with Gasteiger partial charge >= 0.3 is 0 Å². The monoisotopic (exact) mass is 221 g/mol. The third-order valence-electron chi connectivity index (χ3n) is 3.35. The molecule has 0 bridgehead atoms. The Kier molecular flexibility index (Phi) is 3.80. The predicted molar refractivity (Wildman–Crippen MR) is 63.7 cm³/mol. The first-order chi connectivity index (χ1) is 7.85. The summed E-state index contributed by atoms with van der Waals surface area (Å²) in [5.74, 6) is 1.87. The smallest absolute Gasteiger partial charge is 0.118 e. The van der Waals surface area contributed by atoms with Gasteiger partial charge in [0.1, 0.15) is 5.75 Å². The summed E-state index contributed by atoms with van der Waals surface area (Å²) in [5.41, 5.74) is 7.11. The SMILES string of the molecule is COc1ccc(C2COCCC2CN)cc1. The van der Waals surface area contributed by atoms with Gasteiger partial charge < -0.3 is 15.2 Å². The molecule has 0 aromatic heterocycles. The van der Waals surface area contributed by atoms with Crippen LogP contribution in [0.1, 0.15) is 17.9 Å². The molecule has 1 aromatic rings. The van der Waals surface area contributed by atoms with Crippen LogP contribution in [0.4, 0.5) is 0 Å². The molecule has 1 fully saturated rings. The highest BCUT2D eigenvalue weighted by atomic mass is 16.5. The Balaban J connectivity index is 2.14. The number of rotatable bonds is 3. The number of hydrogen-bond acceptors (Lipinski definition) is 3. The summed E-state index contributed by atoms with van der Waals surface area (Å²) in [5, 5.41) is 0. The third-order valence-corrected chi connectivity index (χ3v) is 3.35. The quantitative estimate of drug-likeness (QED) is 0.846. The van der Waals surface area contributed by atoms with Crippen molar-refractivity contribution in [3.8, 4) is 5.75 Å². The van der Waals surface area contributed by atoms with Gasteiger partial charge in [-0.25, -0.2) is 0 Å². The van der Waals surface area contributed by atoms with Crippen LogP contribution in [0.25, 0.3) is 0 Å². The lowest BCUT2D eigenvalue weighted by Gasteiger charge is -2.31. The molecule has 3 heteroatoms. The van der Waals surface area contributed by atoms with E-state index in [2.05, 4.69) is 12.1 Å². The van der Waals surface area contributed by atoms with Crippen LogP contribution in [0.3, 0.4) is 0 Å². The van der Waals surface area contributed by atoms with E-state index >= 15 is 0 Å². The fourth-order valence-corrected chi connectivity index (χ4v) is 2.28. The first-order valence-corrected chi connectivity index (χ1v) is 5.77. The predicted octanol–water partition coefficient (Wildman–Crippen LogP) is 1.77. The van der Waals surface area contributed by atoms with Crippen LogP contribution in [0.2, 0.25) is 0 Å². The summed E-state index contributed by atoms with van der Waals surface area (Å²) < 4.78 is 10.7. The van der Waals surface area contributed by atoms with E-state index in [1.807, 2.05) is 12.1 Å². The zero-order chi connectivity index (χ0) is 11.4. The van der Waals surface area contributed by atoms with Gasteiger partial charge in [-0.2, -0.15) is 0 Å². The standard InChI is InChI=1S/C13H19NO2/c1-15-12-4-2-10(3-5-12)13-9-16-7-6-11(13)8-14/h2-5,11,13H,6-9,14H2,1H3. The minimum atomic E-state index is 0.435. The van der Waals surface area contributed by atoms with E-state index in [1.54, 1.807) is 7.11 Å². The molecule has 1 aromatic carbocycles. The fourth-order valence-electron chi connectivity index (χ4n) is 2.28. The zero-order valence-electron chi connectivity index (χ0n) is 9.69. The van der Waals surface area contributed by atoms with Gasteiger partial charge in [0.05, 0.1) is 13.7 Å². The van der Waals surface area contributed by atoms with E-state index in [1.165, 1.54) is 5.56 Å². The third kappa shape index (κ3) is 2.36. The Hall–Kier alpha value is -1.06. The molecular formula is C13H19NO2. The molecule has 0 spiro atoms. The molecule has 2 atom stereocenters. The maximum absolute atomic E-state index is 5.81. The van der Waals surface area contributed by atoms with E-state index in [0.717, 1.165) is 31.9 Å². The van der Waals surface area contributed by atoms with Gasteiger partial charge in [0.15, 0.2) is 0 Å². The van der Waals surface area contributed by atoms with Crippen molar-refractivity contribution in [3.05, 3.63) is 29.8 Å². The van der Waals surface area contributed by atoms with E-state index in [9.17, 15) is 0 Å². The molecule has 1 heterocycles. The van der Waals surface area contributed by atoms with E-state index < -0.39 is 0 Å². The van der Waals surface area contributed by atoms with Crippen molar-refractivity contribution in [1.82, 2.24) is 0 Å².